The maximum atomic E-state index is 13.0. The zero-order valence-corrected chi connectivity index (χ0v) is 10.7. The molecule has 0 unspecified atom stereocenters. The summed E-state index contributed by atoms with van der Waals surface area (Å²) in [5, 5.41) is 0. The van der Waals surface area contributed by atoms with Gasteiger partial charge in [0.2, 0.25) is 0 Å². The first kappa shape index (κ1) is 13.3. The van der Waals surface area contributed by atoms with Gasteiger partial charge in [-0.25, -0.2) is 4.39 Å². The van der Waals surface area contributed by atoms with E-state index in [1.165, 1.54) is 12.1 Å². The number of nitrogens with two attached hydrogens (primary N) is 1. The van der Waals surface area contributed by atoms with Gasteiger partial charge in [-0.05, 0) is 38.5 Å². The van der Waals surface area contributed by atoms with Crippen LogP contribution in [0.5, 0.6) is 0 Å². The van der Waals surface area contributed by atoms with Crippen LogP contribution in [0.1, 0.15) is 20.3 Å². The lowest BCUT2D eigenvalue weighted by Crippen LogP contribution is -2.22. The summed E-state index contributed by atoms with van der Waals surface area (Å²) >= 11 is 1.59. The summed E-state index contributed by atoms with van der Waals surface area (Å²) in [6.45, 7) is 4.07. The van der Waals surface area contributed by atoms with Crippen LogP contribution >= 0.6 is 11.8 Å². The largest absolute Gasteiger partial charge is 0.399 e. The van der Waals surface area contributed by atoms with Crippen molar-refractivity contribution >= 4 is 17.4 Å². The first-order valence-electron chi connectivity index (χ1n) is 5.17. The molecule has 0 atom stereocenters. The molecule has 0 aliphatic heterocycles. The Morgan fingerprint density at radius 3 is 2.62 bits per heavy atom. The second-order valence-electron chi connectivity index (χ2n) is 4.28. The highest BCUT2D eigenvalue weighted by Gasteiger charge is 2.15. The molecule has 1 aromatic rings. The molecule has 2 nitrogen and oxygen atoms in total. The van der Waals surface area contributed by atoms with E-state index in [1.807, 2.05) is 13.8 Å². The van der Waals surface area contributed by atoms with Crippen molar-refractivity contribution in [2.45, 2.75) is 30.8 Å². The Morgan fingerprint density at radius 2 is 2.06 bits per heavy atom. The van der Waals surface area contributed by atoms with Crippen LogP contribution in [0.15, 0.2) is 23.1 Å². The third kappa shape index (κ3) is 4.41. The standard InChI is InChI=1S/C12H18FNOS/c1-12(2,15-3)4-5-16-11-7-9(13)6-10(14)8-11/h6-8H,4-5,14H2,1-3H3. The van der Waals surface area contributed by atoms with Crippen molar-refractivity contribution in [3.8, 4) is 0 Å². The molecule has 0 saturated heterocycles. The smallest absolute Gasteiger partial charge is 0.126 e. The molecular formula is C12H18FNOS. The summed E-state index contributed by atoms with van der Waals surface area (Å²) in [6, 6.07) is 4.61. The van der Waals surface area contributed by atoms with E-state index in [1.54, 1.807) is 24.9 Å². The molecule has 2 N–H and O–H groups in total. The average Bonchev–Trinajstić information content (AvgIpc) is 2.16. The van der Waals surface area contributed by atoms with E-state index < -0.39 is 0 Å². The lowest BCUT2D eigenvalue weighted by Gasteiger charge is -2.22. The van der Waals surface area contributed by atoms with Crippen molar-refractivity contribution in [2.75, 3.05) is 18.6 Å². The zero-order valence-electron chi connectivity index (χ0n) is 9.92. The lowest BCUT2D eigenvalue weighted by molar-refractivity contribution is 0.0207. The Morgan fingerprint density at radius 1 is 1.38 bits per heavy atom. The third-order valence-electron chi connectivity index (χ3n) is 2.42. The fourth-order valence-corrected chi connectivity index (χ4v) is 2.43. The maximum absolute atomic E-state index is 13.0. The SMILES string of the molecule is COC(C)(C)CCSc1cc(N)cc(F)c1. The molecule has 0 saturated carbocycles. The van der Waals surface area contributed by atoms with Gasteiger partial charge in [0.1, 0.15) is 5.82 Å². The first-order valence-corrected chi connectivity index (χ1v) is 6.15. The highest BCUT2D eigenvalue weighted by Crippen LogP contribution is 2.25. The minimum atomic E-state index is -0.284. The summed E-state index contributed by atoms with van der Waals surface area (Å²) in [4.78, 5) is 0.865. The van der Waals surface area contributed by atoms with Gasteiger partial charge in [0, 0.05) is 23.4 Å². The number of hydrogen-bond donors (Lipinski definition) is 1. The molecule has 0 aliphatic rings. The Labute approximate surface area is 100 Å². The quantitative estimate of drug-likeness (QED) is 0.636. The average molecular weight is 243 g/mol. The van der Waals surface area contributed by atoms with Crippen molar-refractivity contribution in [3.63, 3.8) is 0 Å². The molecule has 0 aromatic heterocycles. The second kappa shape index (κ2) is 5.55. The van der Waals surface area contributed by atoms with Gasteiger partial charge in [0.15, 0.2) is 0 Å². The van der Waals surface area contributed by atoms with Crippen molar-refractivity contribution in [2.24, 2.45) is 0 Å². The van der Waals surface area contributed by atoms with Crippen molar-refractivity contribution in [1.82, 2.24) is 0 Å². The number of hydrogen-bond acceptors (Lipinski definition) is 3. The van der Waals surface area contributed by atoms with E-state index >= 15 is 0 Å². The van der Waals surface area contributed by atoms with Crippen molar-refractivity contribution in [3.05, 3.63) is 24.0 Å². The minimum absolute atomic E-state index is 0.133. The van der Waals surface area contributed by atoms with Gasteiger partial charge in [-0.2, -0.15) is 0 Å². The van der Waals surface area contributed by atoms with E-state index in [2.05, 4.69) is 0 Å². The van der Waals surface area contributed by atoms with Crippen molar-refractivity contribution < 1.29 is 9.13 Å². The summed E-state index contributed by atoms with van der Waals surface area (Å²) in [5.41, 5.74) is 5.90. The fourth-order valence-electron chi connectivity index (χ4n) is 1.18. The highest BCUT2D eigenvalue weighted by atomic mass is 32.2. The van der Waals surface area contributed by atoms with Crippen LogP contribution in [0, 0.1) is 5.82 Å². The van der Waals surface area contributed by atoms with Gasteiger partial charge in [0.05, 0.1) is 5.60 Å². The summed E-state index contributed by atoms with van der Waals surface area (Å²) in [5.74, 6) is 0.595. The van der Waals surface area contributed by atoms with Gasteiger partial charge in [-0.3, -0.25) is 0 Å². The van der Waals surface area contributed by atoms with Crippen LogP contribution in [-0.4, -0.2) is 18.5 Å². The summed E-state index contributed by atoms with van der Waals surface area (Å²) < 4.78 is 18.3. The zero-order chi connectivity index (χ0) is 12.2. The number of anilines is 1. The molecular weight excluding hydrogens is 225 g/mol. The van der Waals surface area contributed by atoms with Crippen molar-refractivity contribution in [1.29, 1.82) is 0 Å². The predicted octanol–water partition coefficient (Wildman–Crippen LogP) is 3.32. The number of thioether (sulfide) groups is 1. The number of nitrogen functional groups attached to an aromatic ring is 1. The number of benzene rings is 1. The van der Waals surface area contributed by atoms with Gasteiger partial charge in [0.25, 0.3) is 0 Å². The molecule has 4 heteroatoms. The van der Waals surface area contributed by atoms with Gasteiger partial charge >= 0.3 is 0 Å². The van der Waals surface area contributed by atoms with Crippen LogP contribution in [0.3, 0.4) is 0 Å². The van der Waals surface area contributed by atoms with Gasteiger partial charge in [-0.1, -0.05) is 0 Å². The molecule has 0 bridgehead atoms. The molecule has 1 aromatic carbocycles. The third-order valence-corrected chi connectivity index (χ3v) is 3.40. The molecule has 1 rings (SSSR count). The minimum Gasteiger partial charge on any atom is -0.399 e. The second-order valence-corrected chi connectivity index (χ2v) is 5.45. The van der Waals surface area contributed by atoms with E-state index in [-0.39, 0.29) is 11.4 Å². The Balaban J connectivity index is 2.49. The lowest BCUT2D eigenvalue weighted by atomic mass is 10.1. The van der Waals surface area contributed by atoms with Gasteiger partial charge in [-0.15, -0.1) is 11.8 Å². The Kier molecular flexibility index (Phi) is 4.62. The molecule has 0 radical (unpaired) electrons. The molecule has 90 valence electrons. The molecule has 0 heterocycles. The number of methoxy groups -OCH3 is 1. The summed E-state index contributed by atoms with van der Waals surface area (Å²) in [6.07, 6.45) is 0.907. The normalized spacial score (nSPS) is 11.8. The number of halogens is 1. The first-order chi connectivity index (χ1) is 7.43. The monoisotopic (exact) mass is 243 g/mol. The molecule has 0 aliphatic carbocycles. The molecule has 0 amide bonds. The number of rotatable bonds is 5. The maximum Gasteiger partial charge on any atom is 0.126 e. The highest BCUT2D eigenvalue weighted by molar-refractivity contribution is 7.99. The topological polar surface area (TPSA) is 35.2 Å². The van der Waals surface area contributed by atoms with E-state index in [4.69, 9.17) is 10.5 Å². The summed E-state index contributed by atoms with van der Waals surface area (Å²) in [7, 11) is 1.70. The fraction of sp³-hybridized carbons (Fsp3) is 0.500. The Bertz CT molecular complexity index is 335. The van der Waals surface area contributed by atoms with Crippen LogP contribution in [0.2, 0.25) is 0 Å². The van der Waals surface area contributed by atoms with Crippen LogP contribution in [-0.2, 0) is 4.74 Å². The van der Waals surface area contributed by atoms with Gasteiger partial charge < -0.3 is 10.5 Å². The number of ether oxygens (including phenoxy) is 1. The molecule has 16 heavy (non-hydrogen) atoms. The van der Waals surface area contributed by atoms with Crippen LogP contribution < -0.4 is 5.73 Å². The van der Waals surface area contributed by atoms with Crippen LogP contribution in [0.25, 0.3) is 0 Å². The van der Waals surface area contributed by atoms with E-state index in [9.17, 15) is 4.39 Å². The van der Waals surface area contributed by atoms with E-state index in [0.717, 1.165) is 17.1 Å². The van der Waals surface area contributed by atoms with E-state index in [0.29, 0.717) is 5.69 Å². The molecule has 0 spiro atoms. The van der Waals surface area contributed by atoms with Crippen LogP contribution in [0.4, 0.5) is 10.1 Å². The molecule has 0 fully saturated rings. The predicted molar refractivity (Wildman–Crippen MR) is 67.2 cm³/mol. The Hall–Kier alpha value is -0.740.